The summed E-state index contributed by atoms with van der Waals surface area (Å²) in [5.74, 6) is -1.22. The highest BCUT2D eigenvalue weighted by Gasteiger charge is 2.22. The van der Waals surface area contributed by atoms with Crippen molar-refractivity contribution in [1.82, 2.24) is 10.6 Å². The highest BCUT2D eigenvalue weighted by molar-refractivity contribution is 5.94. The van der Waals surface area contributed by atoms with Gasteiger partial charge in [0.25, 0.3) is 0 Å². The molecule has 2 rings (SSSR count). The molecule has 27 heavy (non-hydrogen) atoms. The molecule has 0 aliphatic heterocycles. The maximum absolute atomic E-state index is 12.7. The molecule has 2 aromatic carbocycles. The highest BCUT2D eigenvalue weighted by Crippen LogP contribution is 2.14. The van der Waals surface area contributed by atoms with Gasteiger partial charge in [-0.3, -0.25) is 14.4 Å². The van der Waals surface area contributed by atoms with Crippen LogP contribution in [0.15, 0.2) is 48.5 Å². The predicted molar refractivity (Wildman–Crippen MR) is 101 cm³/mol. The summed E-state index contributed by atoms with van der Waals surface area (Å²) in [5.41, 5.74) is 7.97. The number of carbonyl (C=O) groups is 3. The van der Waals surface area contributed by atoms with Gasteiger partial charge in [0.15, 0.2) is 0 Å². The van der Waals surface area contributed by atoms with Gasteiger partial charge in [0.05, 0.1) is 0 Å². The Hall–Kier alpha value is -3.19. The number of amides is 3. The molecule has 7 heteroatoms. The fourth-order valence-corrected chi connectivity index (χ4v) is 2.68. The number of carbonyl (C=O) groups excluding carboxylic acids is 3. The van der Waals surface area contributed by atoms with E-state index in [4.69, 9.17) is 10.5 Å². The molecule has 1 atom stereocenters. The van der Waals surface area contributed by atoms with E-state index in [0.717, 1.165) is 11.1 Å². The third-order valence-electron chi connectivity index (χ3n) is 4.00. The number of hydrogen-bond donors (Lipinski definition) is 3. The molecule has 0 aliphatic carbocycles. The minimum Gasteiger partial charge on any atom is -0.375 e. The van der Waals surface area contributed by atoms with Crippen molar-refractivity contribution in [3.63, 3.8) is 0 Å². The molecule has 0 fully saturated rings. The van der Waals surface area contributed by atoms with Gasteiger partial charge in [-0.1, -0.05) is 42.5 Å². The third-order valence-corrected chi connectivity index (χ3v) is 4.00. The average Bonchev–Trinajstić information content (AvgIpc) is 2.65. The van der Waals surface area contributed by atoms with Crippen molar-refractivity contribution in [2.24, 2.45) is 5.73 Å². The molecule has 7 nitrogen and oxygen atoms in total. The van der Waals surface area contributed by atoms with Gasteiger partial charge in [0.1, 0.15) is 12.6 Å². The summed E-state index contributed by atoms with van der Waals surface area (Å²) in [6.45, 7) is 1.90. The lowest BCUT2D eigenvalue weighted by Gasteiger charge is -2.19. The quantitative estimate of drug-likeness (QED) is 0.649. The fraction of sp³-hybridized carbons (Fsp3) is 0.250. The predicted octanol–water partition coefficient (Wildman–Crippen LogP) is 1.21. The van der Waals surface area contributed by atoms with Gasteiger partial charge < -0.3 is 21.1 Å². The zero-order chi connectivity index (χ0) is 19.8. The maximum Gasteiger partial charge on any atom is 0.248 e. The largest absolute Gasteiger partial charge is 0.375 e. The summed E-state index contributed by atoms with van der Waals surface area (Å²) in [5, 5.41) is 5.48. The maximum atomic E-state index is 12.7. The van der Waals surface area contributed by atoms with Crippen LogP contribution in [0.3, 0.4) is 0 Å². The van der Waals surface area contributed by atoms with Crippen molar-refractivity contribution in [2.45, 2.75) is 19.5 Å². The van der Waals surface area contributed by atoms with Crippen LogP contribution in [-0.2, 0) is 20.9 Å². The molecule has 0 spiro atoms. The molecule has 1 unspecified atom stereocenters. The Morgan fingerprint density at radius 1 is 1.11 bits per heavy atom. The van der Waals surface area contributed by atoms with Crippen LogP contribution in [0.5, 0.6) is 0 Å². The molecule has 0 saturated heterocycles. The van der Waals surface area contributed by atoms with Crippen LogP contribution in [0.4, 0.5) is 0 Å². The Kier molecular flexibility index (Phi) is 7.08. The van der Waals surface area contributed by atoms with E-state index >= 15 is 0 Å². The average molecular weight is 369 g/mol. The number of benzene rings is 2. The second kappa shape index (κ2) is 9.49. The van der Waals surface area contributed by atoms with E-state index in [1.165, 1.54) is 7.11 Å². The minimum absolute atomic E-state index is 0.135. The van der Waals surface area contributed by atoms with Crippen LogP contribution in [-0.4, -0.2) is 31.4 Å². The van der Waals surface area contributed by atoms with Crippen LogP contribution in [0, 0.1) is 6.92 Å². The van der Waals surface area contributed by atoms with Crippen LogP contribution in [0.2, 0.25) is 0 Å². The molecule has 0 bridgehead atoms. The van der Waals surface area contributed by atoms with Crippen molar-refractivity contribution in [3.8, 4) is 0 Å². The molecule has 0 heterocycles. The summed E-state index contributed by atoms with van der Waals surface area (Å²) < 4.78 is 4.81. The Balaban J connectivity index is 2.10. The number of hydrogen-bond acceptors (Lipinski definition) is 4. The lowest BCUT2D eigenvalue weighted by molar-refractivity contribution is -0.131. The first-order chi connectivity index (χ1) is 12.9. The monoisotopic (exact) mass is 369 g/mol. The van der Waals surface area contributed by atoms with Crippen LogP contribution in [0.25, 0.3) is 0 Å². The van der Waals surface area contributed by atoms with Gasteiger partial charge >= 0.3 is 0 Å². The van der Waals surface area contributed by atoms with E-state index < -0.39 is 11.9 Å². The zero-order valence-corrected chi connectivity index (χ0v) is 15.3. The van der Waals surface area contributed by atoms with E-state index in [9.17, 15) is 14.4 Å². The van der Waals surface area contributed by atoms with E-state index in [0.29, 0.717) is 11.1 Å². The van der Waals surface area contributed by atoms with Gasteiger partial charge in [-0.15, -0.1) is 0 Å². The molecule has 0 aromatic heterocycles. The van der Waals surface area contributed by atoms with Gasteiger partial charge in [0.2, 0.25) is 17.7 Å². The second-order valence-electron chi connectivity index (χ2n) is 6.08. The van der Waals surface area contributed by atoms with Gasteiger partial charge in [0, 0.05) is 19.2 Å². The number of nitrogens with one attached hydrogen (secondary N) is 2. The fourth-order valence-electron chi connectivity index (χ4n) is 2.68. The number of ether oxygens (including phenoxy) is 1. The highest BCUT2D eigenvalue weighted by atomic mass is 16.5. The molecule has 0 aliphatic rings. The van der Waals surface area contributed by atoms with Gasteiger partial charge in [-0.2, -0.15) is 0 Å². The lowest BCUT2D eigenvalue weighted by Crippen LogP contribution is -2.41. The standard InChI is InChI=1S/C20H23N3O4/c1-13-10-14(8-9-16(13)19(21)25)11-22-20(26)18(23-17(24)12-27-2)15-6-4-3-5-7-15/h3-10,18H,11-12H2,1-2H3,(H2,21,25)(H,22,26)(H,23,24). The third kappa shape index (κ3) is 5.65. The normalized spacial score (nSPS) is 11.5. The van der Waals surface area contributed by atoms with Crippen molar-refractivity contribution >= 4 is 17.7 Å². The van der Waals surface area contributed by atoms with Crippen molar-refractivity contribution in [3.05, 3.63) is 70.8 Å². The summed E-state index contributed by atoms with van der Waals surface area (Å²) in [7, 11) is 1.41. The summed E-state index contributed by atoms with van der Waals surface area (Å²) >= 11 is 0. The first-order valence-corrected chi connectivity index (χ1v) is 8.42. The van der Waals surface area contributed by atoms with Crippen LogP contribution in [0.1, 0.15) is 33.1 Å². The van der Waals surface area contributed by atoms with Crippen molar-refractivity contribution in [2.75, 3.05) is 13.7 Å². The number of aryl methyl sites for hydroxylation is 1. The number of rotatable bonds is 8. The number of methoxy groups -OCH3 is 1. The Morgan fingerprint density at radius 2 is 1.81 bits per heavy atom. The molecule has 3 amide bonds. The van der Waals surface area contributed by atoms with Crippen molar-refractivity contribution in [1.29, 1.82) is 0 Å². The molecule has 142 valence electrons. The van der Waals surface area contributed by atoms with E-state index in [1.54, 1.807) is 49.4 Å². The zero-order valence-electron chi connectivity index (χ0n) is 15.3. The Morgan fingerprint density at radius 3 is 2.41 bits per heavy atom. The first kappa shape index (κ1) is 20.1. The molecule has 4 N–H and O–H groups in total. The van der Waals surface area contributed by atoms with E-state index in [2.05, 4.69) is 10.6 Å². The summed E-state index contributed by atoms with van der Waals surface area (Å²) in [6, 6.07) is 13.3. The van der Waals surface area contributed by atoms with Crippen molar-refractivity contribution < 1.29 is 19.1 Å². The smallest absolute Gasteiger partial charge is 0.248 e. The van der Waals surface area contributed by atoms with E-state index in [1.807, 2.05) is 6.07 Å². The minimum atomic E-state index is -0.833. The number of nitrogens with two attached hydrogens (primary N) is 1. The van der Waals surface area contributed by atoms with Crippen LogP contribution >= 0.6 is 0 Å². The topological polar surface area (TPSA) is 111 Å². The molecule has 0 radical (unpaired) electrons. The lowest BCUT2D eigenvalue weighted by atomic mass is 10.0. The molecule has 2 aromatic rings. The molecular formula is C20H23N3O4. The summed E-state index contributed by atoms with van der Waals surface area (Å²) in [6.07, 6.45) is 0. The Bertz CT molecular complexity index is 821. The van der Waals surface area contributed by atoms with E-state index in [-0.39, 0.29) is 25.0 Å². The second-order valence-corrected chi connectivity index (χ2v) is 6.08. The van der Waals surface area contributed by atoms with Gasteiger partial charge in [-0.05, 0) is 29.7 Å². The SMILES string of the molecule is COCC(=O)NC(C(=O)NCc1ccc(C(N)=O)c(C)c1)c1ccccc1. The summed E-state index contributed by atoms with van der Waals surface area (Å²) in [4.78, 5) is 35.9. The van der Waals surface area contributed by atoms with Gasteiger partial charge in [-0.25, -0.2) is 0 Å². The molecular weight excluding hydrogens is 346 g/mol. The molecule has 0 saturated carbocycles. The first-order valence-electron chi connectivity index (χ1n) is 8.42. The van der Waals surface area contributed by atoms with Crippen LogP contribution < -0.4 is 16.4 Å². The number of primary amides is 1. The Labute approximate surface area is 157 Å².